The van der Waals surface area contributed by atoms with Crippen LogP contribution in [0.1, 0.15) is 48.2 Å². The van der Waals surface area contributed by atoms with Crippen LogP contribution in [0.15, 0.2) is 30.5 Å². The number of unbranched alkanes of at least 4 members (excludes halogenated alkanes) is 1. The lowest BCUT2D eigenvalue weighted by Gasteiger charge is -2.11. The number of fused-ring (bicyclic) bond motifs is 1. The Hall–Kier alpha value is -2.91. The minimum absolute atomic E-state index is 0.243. The lowest BCUT2D eigenvalue weighted by molar-refractivity contribution is 0.0948. The Morgan fingerprint density at radius 2 is 2.17 bits per heavy atom. The van der Waals surface area contributed by atoms with Gasteiger partial charge in [0.1, 0.15) is 16.9 Å². The van der Waals surface area contributed by atoms with Gasteiger partial charge in [-0.1, -0.05) is 49.4 Å². The Balaban J connectivity index is 1.65. The van der Waals surface area contributed by atoms with Crippen LogP contribution < -0.4 is 5.32 Å². The van der Waals surface area contributed by atoms with Gasteiger partial charge in [0.05, 0.1) is 17.3 Å². The predicted octanol–water partition coefficient (Wildman–Crippen LogP) is 4.47. The Morgan fingerprint density at radius 3 is 2.86 bits per heavy atom. The topological polar surface area (TPSA) is 83.6 Å². The Kier molecular flexibility index (Phi) is 5.50. The highest BCUT2D eigenvalue weighted by Gasteiger charge is 2.20. The normalized spacial score (nSPS) is 13.4. The Labute approximate surface area is 174 Å². The van der Waals surface area contributed by atoms with Crippen LogP contribution in [0.25, 0.3) is 22.0 Å². The zero-order valence-electron chi connectivity index (χ0n) is 16.3. The molecule has 4 rings (SSSR count). The first kappa shape index (κ1) is 19.4. The molecule has 29 heavy (non-hydrogen) atoms. The second kappa shape index (κ2) is 8.22. The third kappa shape index (κ3) is 4.10. The first-order valence-electron chi connectivity index (χ1n) is 9.88. The van der Waals surface area contributed by atoms with E-state index in [1.54, 1.807) is 36.1 Å². The second-order valence-electron chi connectivity index (χ2n) is 7.54. The number of rotatable bonds is 7. The van der Waals surface area contributed by atoms with Crippen LogP contribution in [0.3, 0.4) is 0 Å². The molecule has 1 saturated carbocycles. The number of nitrogens with zero attached hydrogens (tertiary/aromatic N) is 4. The smallest absolute Gasteiger partial charge is 0.269 e. The summed E-state index contributed by atoms with van der Waals surface area (Å²) in [5.74, 6) is 0.663. The number of aromatic nitrogens is 3. The van der Waals surface area contributed by atoms with Crippen molar-refractivity contribution in [2.75, 3.05) is 6.54 Å². The molecule has 1 amide bonds. The van der Waals surface area contributed by atoms with Crippen molar-refractivity contribution in [2.24, 2.45) is 13.0 Å². The fourth-order valence-corrected chi connectivity index (χ4v) is 3.73. The van der Waals surface area contributed by atoms with Gasteiger partial charge in [-0.25, -0.2) is 4.98 Å². The van der Waals surface area contributed by atoms with E-state index in [-0.39, 0.29) is 11.6 Å². The zero-order chi connectivity index (χ0) is 20.4. The van der Waals surface area contributed by atoms with Gasteiger partial charge in [0, 0.05) is 24.5 Å². The molecular weight excluding hydrogens is 386 g/mol. The molecule has 3 aromatic rings. The van der Waals surface area contributed by atoms with Crippen molar-refractivity contribution < 1.29 is 4.79 Å². The number of carbonyl (C=O) groups is 1. The third-order valence-electron chi connectivity index (χ3n) is 5.37. The maximum Gasteiger partial charge on any atom is 0.269 e. The number of hydrogen-bond acceptors (Lipinski definition) is 4. The van der Waals surface area contributed by atoms with Crippen molar-refractivity contribution in [1.29, 1.82) is 5.26 Å². The molecule has 1 fully saturated rings. The maximum absolute atomic E-state index is 12.8. The Morgan fingerprint density at radius 1 is 1.34 bits per heavy atom. The lowest BCUT2D eigenvalue weighted by atomic mass is 10.00. The van der Waals surface area contributed by atoms with Crippen LogP contribution in [-0.4, -0.2) is 27.2 Å². The fraction of sp³-hybridized carbons (Fsp3) is 0.364. The highest BCUT2D eigenvalue weighted by atomic mass is 35.5. The maximum atomic E-state index is 12.8. The molecule has 6 nitrogen and oxygen atoms in total. The second-order valence-corrected chi connectivity index (χ2v) is 7.89. The summed E-state index contributed by atoms with van der Waals surface area (Å²) in [7, 11) is 1.76. The molecule has 1 aliphatic carbocycles. The molecule has 0 atom stereocenters. The van der Waals surface area contributed by atoms with Crippen molar-refractivity contribution in [3.63, 3.8) is 0 Å². The number of nitrogens with one attached hydrogen (secondary N) is 1. The summed E-state index contributed by atoms with van der Waals surface area (Å²) in [6.45, 7) is 0.619. The molecule has 0 bridgehead atoms. The van der Waals surface area contributed by atoms with Crippen molar-refractivity contribution in [2.45, 2.75) is 32.1 Å². The number of hydrogen-bond donors (Lipinski definition) is 1. The predicted molar refractivity (Wildman–Crippen MR) is 113 cm³/mol. The van der Waals surface area contributed by atoms with E-state index in [0.717, 1.165) is 29.7 Å². The van der Waals surface area contributed by atoms with Gasteiger partial charge in [-0.2, -0.15) is 10.4 Å². The lowest BCUT2D eigenvalue weighted by Crippen LogP contribution is -2.25. The van der Waals surface area contributed by atoms with E-state index < -0.39 is 0 Å². The largest absolute Gasteiger partial charge is 0.351 e. The number of carbonyl (C=O) groups excluding carboxylic acids is 1. The minimum atomic E-state index is -0.243. The molecule has 1 aromatic carbocycles. The Bertz CT molecular complexity index is 1110. The van der Waals surface area contributed by atoms with E-state index in [1.165, 1.54) is 19.3 Å². The van der Waals surface area contributed by atoms with Crippen molar-refractivity contribution in [3.05, 3.63) is 46.9 Å². The van der Waals surface area contributed by atoms with Crippen LogP contribution in [-0.2, 0) is 7.05 Å². The number of aryl methyl sites for hydroxylation is 1. The molecule has 0 aliphatic heterocycles. The summed E-state index contributed by atoms with van der Waals surface area (Å²) in [6.07, 6.45) is 7.71. The van der Waals surface area contributed by atoms with Crippen LogP contribution >= 0.6 is 11.6 Å². The van der Waals surface area contributed by atoms with Crippen molar-refractivity contribution >= 4 is 28.4 Å². The average molecular weight is 408 g/mol. The van der Waals surface area contributed by atoms with Gasteiger partial charge in [-0.3, -0.25) is 9.48 Å². The molecule has 148 valence electrons. The fourth-order valence-electron chi connectivity index (χ4n) is 3.54. The van der Waals surface area contributed by atoms with Crippen LogP contribution in [0.2, 0.25) is 5.15 Å². The first-order chi connectivity index (χ1) is 14.1. The van der Waals surface area contributed by atoms with E-state index in [9.17, 15) is 10.1 Å². The monoisotopic (exact) mass is 407 g/mol. The first-order valence-corrected chi connectivity index (χ1v) is 10.3. The van der Waals surface area contributed by atoms with Crippen molar-refractivity contribution in [3.8, 4) is 17.2 Å². The number of amides is 1. The molecule has 0 radical (unpaired) electrons. The number of halogens is 1. The van der Waals surface area contributed by atoms with E-state index in [4.69, 9.17) is 11.6 Å². The van der Waals surface area contributed by atoms with Gasteiger partial charge in [0.15, 0.2) is 0 Å². The number of pyridine rings is 1. The zero-order valence-corrected chi connectivity index (χ0v) is 17.0. The van der Waals surface area contributed by atoms with Gasteiger partial charge in [-0.15, -0.1) is 0 Å². The quantitative estimate of drug-likeness (QED) is 0.585. The summed E-state index contributed by atoms with van der Waals surface area (Å²) in [4.78, 5) is 17.3. The number of benzene rings is 1. The number of nitriles is 1. The molecule has 2 aromatic heterocycles. The standard InChI is InChI=1S/C22H22ClN5O/c1-28-21(23)18(13-26-28)17-11-19(22(29)25-10-3-2-5-14-8-9-14)27-20-15(12-24)6-4-7-16(17)20/h4,6-7,11,13-14H,2-3,5,8-10H2,1H3,(H,25,29). The highest BCUT2D eigenvalue weighted by molar-refractivity contribution is 6.32. The summed E-state index contributed by atoms with van der Waals surface area (Å²) in [5.41, 5.74) is 2.63. The molecule has 0 saturated heterocycles. The van der Waals surface area contributed by atoms with Crippen LogP contribution in [0, 0.1) is 17.2 Å². The molecule has 0 spiro atoms. The highest BCUT2D eigenvalue weighted by Crippen LogP contribution is 2.35. The number of para-hydroxylation sites is 1. The van der Waals surface area contributed by atoms with Gasteiger partial charge in [0.25, 0.3) is 5.91 Å². The third-order valence-corrected chi connectivity index (χ3v) is 5.82. The molecule has 1 N–H and O–H groups in total. The van der Waals surface area contributed by atoms with E-state index >= 15 is 0 Å². The van der Waals surface area contributed by atoms with E-state index in [2.05, 4.69) is 21.5 Å². The van der Waals surface area contributed by atoms with E-state index in [1.807, 2.05) is 6.07 Å². The molecule has 7 heteroatoms. The molecule has 0 unspecified atom stereocenters. The summed E-state index contributed by atoms with van der Waals surface area (Å²) >= 11 is 6.41. The van der Waals surface area contributed by atoms with Gasteiger partial charge < -0.3 is 5.32 Å². The van der Waals surface area contributed by atoms with Crippen LogP contribution in [0.5, 0.6) is 0 Å². The molecule has 2 heterocycles. The van der Waals surface area contributed by atoms with Gasteiger partial charge in [-0.05, 0) is 30.0 Å². The summed E-state index contributed by atoms with van der Waals surface area (Å²) in [5, 5.41) is 17.9. The van der Waals surface area contributed by atoms with Gasteiger partial charge >= 0.3 is 0 Å². The van der Waals surface area contributed by atoms with Crippen molar-refractivity contribution in [1.82, 2.24) is 20.1 Å². The molecule has 1 aliphatic rings. The SMILES string of the molecule is Cn1ncc(-c2cc(C(=O)NCCCCC3CC3)nc3c(C#N)cccc23)c1Cl. The summed E-state index contributed by atoms with van der Waals surface area (Å²) in [6, 6.07) is 9.27. The van der Waals surface area contributed by atoms with Gasteiger partial charge in [0.2, 0.25) is 0 Å². The molecular formula is C22H22ClN5O. The summed E-state index contributed by atoms with van der Waals surface area (Å²) < 4.78 is 1.57. The van der Waals surface area contributed by atoms with Crippen LogP contribution in [0.4, 0.5) is 0 Å². The average Bonchev–Trinajstić information content (AvgIpc) is 3.50. The minimum Gasteiger partial charge on any atom is -0.351 e. The van der Waals surface area contributed by atoms with E-state index in [0.29, 0.717) is 28.3 Å².